The molecule has 0 aromatic heterocycles. The lowest BCUT2D eigenvalue weighted by atomic mass is 9.96. The molecule has 0 saturated heterocycles. The lowest BCUT2D eigenvalue weighted by Gasteiger charge is -2.16. The third-order valence-corrected chi connectivity index (χ3v) is 2.85. The van der Waals surface area contributed by atoms with Crippen LogP contribution in [0, 0.1) is 0 Å². The first-order valence-electron chi connectivity index (χ1n) is 5.39. The van der Waals surface area contributed by atoms with Gasteiger partial charge in [0.25, 0.3) is 0 Å². The largest absolute Gasteiger partial charge is 0.496 e. The van der Waals surface area contributed by atoms with Crippen molar-refractivity contribution < 1.29 is 14.3 Å². The number of ether oxygens (including phenoxy) is 2. The van der Waals surface area contributed by atoms with Crippen molar-refractivity contribution in [2.45, 2.75) is 26.2 Å². The van der Waals surface area contributed by atoms with Gasteiger partial charge >= 0.3 is 0 Å². The predicted octanol–water partition coefficient (Wildman–Crippen LogP) is 3.03. The molecule has 0 spiro atoms. The zero-order valence-corrected chi connectivity index (χ0v) is 10.2. The molecule has 0 bridgehead atoms. The van der Waals surface area contributed by atoms with Crippen molar-refractivity contribution in [3.8, 4) is 11.5 Å². The van der Waals surface area contributed by atoms with Gasteiger partial charge in [0.2, 0.25) is 0 Å². The van der Waals surface area contributed by atoms with Gasteiger partial charge in [-0.25, -0.2) is 0 Å². The minimum absolute atomic E-state index is 0.379. The molecular formula is C13H18O3. The maximum Gasteiger partial charge on any atom is 0.153 e. The molecule has 0 heterocycles. The Morgan fingerprint density at radius 1 is 1.25 bits per heavy atom. The summed E-state index contributed by atoms with van der Waals surface area (Å²) in [6.07, 6.45) is 1.79. The standard InChI is InChI=1S/C13H18O3/c1-5-9(2)11-7-12(15-3)10(8-14)6-13(11)16-4/h6-9H,5H2,1-4H3/t9-/m0/s1. The molecule has 1 rings (SSSR count). The van der Waals surface area contributed by atoms with E-state index < -0.39 is 0 Å². The highest BCUT2D eigenvalue weighted by atomic mass is 16.5. The number of aldehydes is 1. The summed E-state index contributed by atoms with van der Waals surface area (Å²) >= 11 is 0. The van der Waals surface area contributed by atoms with Crippen molar-refractivity contribution in [3.05, 3.63) is 23.3 Å². The van der Waals surface area contributed by atoms with Crippen LogP contribution in [0.4, 0.5) is 0 Å². The molecular weight excluding hydrogens is 204 g/mol. The topological polar surface area (TPSA) is 35.5 Å². The molecule has 3 nitrogen and oxygen atoms in total. The summed E-state index contributed by atoms with van der Waals surface area (Å²) in [5.41, 5.74) is 1.60. The van der Waals surface area contributed by atoms with Crippen molar-refractivity contribution in [1.82, 2.24) is 0 Å². The first-order chi connectivity index (χ1) is 7.67. The van der Waals surface area contributed by atoms with E-state index >= 15 is 0 Å². The molecule has 1 atom stereocenters. The molecule has 0 radical (unpaired) electrons. The summed E-state index contributed by atoms with van der Waals surface area (Å²) in [7, 11) is 3.18. The fourth-order valence-corrected chi connectivity index (χ4v) is 1.64. The number of benzene rings is 1. The monoisotopic (exact) mass is 222 g/mol. The Balaban J connectivity index is 3.31. The second-order valence-electron chi connectivity index (χ2n) is 3.76. The fraction of sp³-hybridized carbons (Fsp3) is 0.462. The lowest BCUT2D eigenvalue weighted by Crippen LogP contribution is -2.00. The van der Waals surface area contributed by atoms with Crippen LogP contribution in [0.15, 0.2) is 12.1 Å². The molecule has 3 heteroatoms. The SMILES string of the molecule is CC[C@H](C)c1cc(OC)c(C=O)cc1OC. The van der Waals surface area contributed by atoms with Gasteiger partial charge in [-0.1, -0.05) is 13.8 Å². The van der Waals surface area contributed by atoms with E-state index in [1.54, 1.807) is 20.3 Å². The van der Waals surface area contributed by atoms with Crippen LogP contribution in [0.2, 0.25) is 0 Å². The van der Waals surface area contributed by atoms with Crippen LogP contribution in [0.3, 0.4) is 0 Å². The Kier molecular flexibility index (Phi) is 4.35. The molecule has 0 saturated carbocycles. The Bertz CT molecular complexity index is 372. The van der Waals surface area contributed by atoms with Crippen LogP contribution in [0.1, 0.15) is 42.1 Å². The summed E-state index contributed by atoms with van der Waals surface area (Å²) in [6, 6.07) is 3.62. The molecule has 1 aromatic rings. The highest BCUT2D eigenvalue weighted by Crippen LogP contribution is 2.34. The molecule has 0 fully saturated rings. The van der Waals surface area contributed by atoms with Crippen LogP contribution in [0.5, 0.6) is 11.5 Å². The summed E-state index contributed by atoms with van der Waals surface area (Å²) < 4.78 is 10.5. The number of carbonyl (C=O) groups excluding carboxylic acids is 1. The zero-order valence-electron chi connectivity index (χ0n) is 10.2. The van der Waals surface area contributed by atoms with Crippen LogP contribution >= 0.6 is 0 Å². The fourth-order valence-electron chi connectivity index (χ4n) is 1.64. The molecule has 0 aliphatic carbocycles. The van der Waals surface area contributed by atoms with E-state index in [-0.39, 0.29) is 0 Å². The molecule has 1 aromatic carbocycles. The van der Waals surface area contributed by atoms with Gasteiger partial charge in [0.1, 0.15) is 11.5 Å². The normalized spacial score (nSPS) is 12.0. The average molecular weight is 222 g/mol. The van der Waals surface area contributed by atoms with E-state index in [1.807, 2.05) is 6.07 Å². The Hall–Kier alpha value is -1.51. The van der Waals surface area contributed by atoms with Crippen LogP contribution in [-0.2, 0) is 0 Å². The van der Waals surface area contributed by atoms with Crippen LogP contribution in [-0.4, -0.2) is 20.5 Å². The Morgan fingerprint density at radius 2 is 1.88 bits per heavy atom. The van der Waals surface area contributed by atoms with Gasteiger partial charge in [0.05, 0.1) is 19.8 Å². The Labute approximate surface area is 96.4 Å². The molecule has 0 N–H and O–H groups in total. The maximum atomic E-state index is 10.9. The summed E-state index contributed by atoms with van der Waals surface area (Å²) in [5.74, 6) is 1.73. The number of hydrogen-bond donors (Lipinski definition) is 0. The molecule has 0 aliphatic rings. The second kappa shape index (κ2) is 5.54. The summed E-state index contributed by atoms with van der Waals surface area (Å²) in [6.45, 7) is 4.24. The van der Waals surface area contributed by atoms with Crippen molar-refractivity contribution in [1.29, 1.82) is 0 Å². The first-order valence-corrected chi connectivity index (χ1v) is 5.39. The number of hydrogen-bond acceptors (Lipinski definition) is 3. The van der Waals surface area contributed by atoms with E-state index in [0.29, 0.717) is 17.2 Å². The molecule has 0 unspecified atom stereocenters. The van der Waals surface area contributed by atoms with Crippen molar-refractivity contribution in [3.63, 3.8) is 0 Å². The number of rotatable bonds is 5. The van der Waals surface area contributed by atoms with E-state index in [0.717, 1.165) is 24.0 Å². The van der Waals surface area contributed by atoms with E-state index in [9.17, 15) is 4.79 Å². The smallest absolute Gasteiger partial charge is 0.153 e. The minimum Gasteiger partial charge on any atom is -0.496 e. The number of methoxy groups -OCH3 is 2. The van der Waals surface area contributed by atoms with Crippen molar-refractivity contribution in [2.75, 3.05) is 14.2 Å². The number of carbonyl (C=O) groups is 1. The zero-order chi connectivity index (χ0) is 12.1. The molecule has 0 amide bonds. The molecule has 16 heavy (non-hydrogen) atoms. The summed E-state index contributed by atoms with van der Waals surface area (Å²) in [5, 5.41) is 0. The van der Waals surface area contributed by atoms with E-state index in [4.69, 9.17) is 9.47 Å². The maximum absolute atomic E-state index is 10.9. The third-order valence-electron chi connectivity index (χ3n) is 2.85. The van der Waals surface area contributed by atoms with Gasteiger partial charge in [-0.05, 0) is 24.5 Å². The van der Waals surface area contributed by atoms with Crippen LogP contribution in [0.25, 0.3) is 0 Å². The van der Waals surface area contributed by atoms with E-state index in [1.165, 1.54) is 0 Å². The Morgan fingerprint density at radius 3 is 2.31 bits per heavy atom. The second-order valence-corrected chi connectivity index (χ2v) is 3.76. The predicted molar refractivity (Wildman–Crippen MR) is 63.6 cm³/mol. The minimum atomic E-state index is 0.379. The van der Waals surface area contributed by atoms with Gasteiger partial charge < -0.3 is 9.47 Å². The molecule has 0 aliphatic heterocycles. The summed E-state index contributed by atoms with van der Waals surface area (Å²) in [4.78, 5) is 10.9. The van der Waals surface area contributed by atoms with Gasteiger partial charge in [0, 0.05) is 5.56 Å². The third kappa shape index (κ3) is 2.35. The van der Waals surface area contributed by atoms with Gasteiger partial charge in [-0.3, -0.25) is 4.79 Å². The van der Waals surface area contributed by atoms with Gasteiger partial charge in [0.15, 0.2) is 6.29 Å². The highest BCUT2D eigenvalue weighted by molar-refractivity contribution is 5.80. The van der Waals surface area contributed by atoms with Gasteiger partial charge in [-0.15, -0.1) is 0 Å². The van der Waals surface area contributed by atoms with Gasteiger partial charge in [-0.2, -0.15) is 0 Å². The van der Waals surface area contributed by atoms with Crippen molar-refractivity contribution >= 4 is 6.29 Å². The first kappa shape index (κ1) is 12.6. The molecule has 88 valence electrons. The van der Waals surface area contributed by atoms with Crippen molar-refractivity contribution in [2.24, 2.45) is 0 Å². The lowest BCUT2D eigenvalue weighted by molar-refractivity contribution is 0.112. The highest BCUT2D eigenvalue weighted by Gasteiger charge is 2.14. The van der Waals surface area contributed by atoms with Crippen LogP contribution < -0.4 is 9.47 Å². The van der Waals surface area contributed by atoms with E-state index in [2.05, 4.69) is 13.8 Å². The average Bonchev–Trinajstić information content (AvgIpc) is 2.35. The quantitative estimate of drug-likeness (QED) is 0.718.